The van der Waals surface area contributed by atoms with Crippen LogP contribution in [-0.4, -0.2) is 59.5 Å². The van der Waals surface area contributed by atoms with E-state index in [4.69, 9.17) is 10.8 Å². The van der Waals surface area contributed by atoms with Crippen molar-refractivity contribution in [2.24, 2.45) is 5.73 Å². The Morgan fingerprint density at radius 2 is 1.95 bits per heavy atom. The Kier molecular flexibility index (Phi) is 5.94. The minimum Gasteiger partial charge on any atom is -0.480 e. The number of rotatable bonds is 8. The van der Waals surface area contributed by atoms with Gasteiger partial charge in [0.25, 0.3) is 0 Å². The predicted octanol–water partition coefficient (Wildman–Crippen LogP) is -1.37. The number of carbonyl (C=O) groups is 4. The zero-order chi connectivity index (χ0) is 16.0. The predicted molar refractivity (Wildman–Crippen MR) is 72.2 cm³/mol. The third kappa shape index (κ3) is 6.59. The molecule has 21 heavy (non-hydrogen) atoms. The van der Waals surface area contributed by atoms with Gasteiger partial charge in [-0.15, -0.1) is 0 Å². The molecule has 1 aliphatic carbocycles. The summed E-state index contributed by atoms with van der Waals surface area (Å²) < 4.78 is 0. The molecule has 0 radical (unpaired) electrons. The number of nitrogens with zero attached hydrogens (tertiary/aromatic N) is 1. The fourth-order valence-corrected chi connectivity index (χ4v) is 1.59. The molecule has 1 fully saturated rings. The SMILES string of the molecule is CN(CC(=O)NC1CC1)C(=O)N[C@@H](CCC(N)=O)C(=O)O. The highest BCUT2D eigenvalue weighted by Crippen LogP contribution is 2.18. The first-order valence-electron chi connectivity index (χ1n) is 6.61. The van der Waals surface area contributed by atoms with Crippen LogP contribution in [0.15, 0.2) is 0 Å². The Morgan fingerprint density at radius 1 is 1.33 bits per heavy atom. The van der Waals surface area contributed by atoms with Gasteiger partial charge in [0.2, 0.25) is 11.8 Å². The van der Waals surface area contributed by atoms with Crippen molar-refractivity contribution >= 4 is 23.8 Å². The lowest BCUT2D eigenvalue weighted by Crippen LogP contribution is -2.49. The van der Waals surface area contributed by atoms with Gasteiger partial charge in [-0.05, 0) is 19.3 Å². The largest absolute Gasteiger partial charge is 0.480 e. The van der Waals surface area contributed by atoms with Gasteiger partial charge in [-0.2, -0.15) is 0 Å². The van der Waals surface area contributed by atoms with Crippen molar-refractivity contribution in [2.75, 3.05) is 13.6 Å². The molecule has 0 spiro atoms. The van der Waals surface area contributed by atoms with Gasteiger partial charge in [0, 0.05) is 19.5 Å². The summed E-state index contributed by atoms with van der Waals surface area (Å²) in [6.07, 6.45) is 1.63. The van der Waals surface area contributed by atoms with Crippen LogP contribution in [0.5, 0.6) is 0 Å². The van der Waals surface area contributed by atoms with Gasteiger partial charge in [0.05, 0.1) is 0 Å². The second kappa shape index (κ2) is 7.46. The smallest absolute Gasteiger partial charge is 0.326 e. The molecule has 0 aliphatic heterocycles. The van der Waals surface area contributed by atoms with Gasteiger partial charge in [-0.3, -0.25) is 9.59 Å². The Morgan fingerprint density at radius 3 is 2.43 bits per heavy atom. The minimum atomic E-state index is -1.26. The molecule has 0 saturated heterocycles. The van der Waals surface area contributed by atoms with Crippen LogP contribution < -0.4 is 16.4 Å². The molecular weight excluding hydrogens is 280 g/mol. The third-order valence-corrected chi connectivity index (χ3v) is 2.95. The average Bonchev–Trinajstić information content (AvgIpc) is 3.16. The first-order chi connectivity index (χ1) is 9.79. The zero-order valence-corrected chi connectivity index (χ0v) is 11.8. The van der Waals surface area contributed by atoms with Crippen molar-refractivity contribution in [2.45, 2.75) is 37.8 Å². The van der Waals surface area contributed by atoms with Crippen molar-refractivity contribution in [1.29, 1.82) is 0 Å². The van der Waals surface area contributed by atoms with Crippen LogP contribution in [0.25, 0.3) is 0 Å². The molecule has 0 aromatic heterocycles. The number of carboxylic acid groups (broad SMARTS) is 1. The van der Waals surface area contributed by atoms with Crippen molar-refractivity contribution in [3.05, 3.63) is 0 Å². The van der Waals surface area contributed by atoms with Crippen LogP contribution >= 0.6 is 0 Å². The molecule has 118 valence electrons. The van der Waals surface area contributed by atoms with E-state index in [1.807, 2.05) is 0 Å². The lowest BCUT2D eigenvalue weighted by atomic mass is 10.1. The number of hydrogen-bond donors (Lipinski definition) is 4. The normalized spacial score (nSPS) is 14.9. The first-order valence-corrected chi connectivity index (χ1v) is 6.61. The highest BCUT2D eigenvalue weighted by Gasteiger charge is 2.26. The van der Waals surface area contributed by atoms with Crippen LogP contribution in [0.3, 0.4) is 0 Å². The number of primary amides is 1. The number of likely N-dealkylation sites (N-methyl/N-ethyl adjacent to an activating group) is 1. The molecule has 1 aliphatic rings. The maximum Gasteiger partial charge on any atom is 0.326 e. The van der Waals surface area contributed by atoms with E-state index in [1.54, 1.807) is 0 Å². The molecule has 9 nitrogen and oxygen atoms in total. The van der Waals surface area contributed by atoms with Crippen LogP contribution in [0.2, 0.25) is 0 Å². The van der Waals surface area contributed by atoms with Gasteiger partial charge >= 0.3 is 12.0 Å². The van der Waals surface area contributed by atoms with Crippen molar-refractivity contribution in [1.82, 2.24) is 15.5 Å². The number of carboxylic acids is 1. The number of urea groups is 1. The highest BCUT2D eigenvalue weighted by molar-refractivity contribution is 5.87. The van der Waals surface area contributed by atoms with E-state index >= 15 is 0 Å². The molecule has 0 aromatic carbocycles. The van der Waals surface area contributed by atoms with Gasteiger partial charge < -0.3 is 26.4 Å². The minimum absolute atomic E-state index is 0.0987. The Labute approximate surface area is 121 Å². The zero-order valence-electron chi connectivity index (χ0n) is 11.8. The molecule has 4 amide bonds. The molecule has 1 rings (SSSR count). The van der Waals surface area contributed by atoms with E-state index in [1.165, 1.54) is 7.05 Å². The van der Waals surface area contributed by atoms with E-state index in [0.29, 0.717) is 0 Å². The van der Waals surface area contributed by atoms with E-state index in [-0.39, 0.29) is 31.3 Å². The maximum atomic E-state index is 11.8. The fraction of sp³-hybridized carbons (Fsp3) is 0.667. The lowest BCUT2D eigenvalue weighted by molar-refractivity contribution is -0.139. The highest BCUT2D eigenvalue weighted by atomic mass is 16.4. The van der Waals surface area contributed by atoms with Crippen molar-refractivity contribution in [3.63, 3.8) is 0 Å². The molecule has 0 unspecified atom stereocenters. The number of carbonyl (C=O) groups excluding carboxylic acids is 3. The molecule has 9 heteroatoms. The lowest BCUT2D eigenvalue weighted by Gasteiger charge is -2.20. The summed E-state index contributed by atoms with van der Waals surface area (Å²) in [5.74, 6) is -2.20. The fourth-order valence-electron chi connectivity index (χ4n) is 1.59. The summed E-state index contributed by atoms with van der Waals surface area (Å²) >= 11 is 0. The molecule has 0 heterocycles. The van der Waals surface area contributed by atoms with Gasteiger partial charge in [0.1, 0.15) is 12.6 Å². The monoisotopic (exact) mass is 300 g/mol. The number of nitrogens with one attached hydrogen (secondary N) is 2. The maximum absolute atomic E-state index is 11.8. The summed E-state index contributed by atoms with van der Waals surface area (Å²) in [7, 11) is 1.38. The van der Waals surface area contributed by atoms with E-state index in [0.717, 1.165) is 17.7 Å². The molecule has 1 saturated carbocycles. The second-order valence-corrected chi connectivity index (χ2v) is 5.04. The molecule has 1 atom stereocenters. The third-order valence-electron chi connectivity index (χ3n) is 2.95. The number of aliphatic carboxylic acids is 1. The van der Waals surface area contributed by atoms with Crippen LogP contribution in [-0.2, 0) is 14.4 Å². The Hall–Kier alpha value is -2.32. The van der Waals surface area contributed by atoms with Gasteiger partial charge in [-0.25, -0.2) is 9.59 Å². The van der Waals surface area contributed by atoms with Crippen molar-refractivity contribution in [3.8, 4) is 0 Å². The average molecular weight is 300 g/mol. The number of hydrogen-bond acceptors (Lipinski definition) is 4. The summed E-state index contributed by atoms with van der Waals surface area (Å²) in [4.78, 5) is 46.0. The summed E-state index contributed by atoms with van der Waals surface area (Å²) in [6.45, 7) is -0.162. The summed E-state index contributed by atoms with van der Waals surface area (Å²) in [5.41, 5.74) is 4.94. The Bertz CT molecular complexity index is 435. The van der Waals surface area contributed by atoms with Crippen LogP contribution in [0.4, 0.5) is 4.79 Å². The van der Waals surface area contributed by atoms with E-state index in [2.05, 4.69) is 10.6 Å². The number of amides is 4. The quantitative estimate of drug-likeness (QED) is 0.437. The standard InChI is InChI=1S/C12H20N4O5/c1-16(6-10(18)14-7-2-3-7)12(21)15-8(11(19)20)4-5-9(13)17/h7-8H,2-6H2,1H3,(H2,13,17)(H,14,18)(H,15,21)(H,19,20)/t8-/m0/s1. The summed E-state index contributed by atoms with van der Waals surface area (Å²) in [5, 5.41) is 13.9. The first kappa shape index (κ1) is 16.7. The molecule has 5 N–H and O–H groups in total. The topological polar surface area (TPSA) is 142 Å². The summed E-state index contributed by atoms with van der Waals surface area (Å²) in [6, 6.07) is -1.73. The molecule has 0 bridgehead atoms. The van der Waals surface area contributed by atoms with E-state index < -0.39 is 23.9 Å². The van der Waals surface area contributed by atoms with Gasteiger partial charge in [-0.1, -0.05) is 0 Å². The number of nitrogens with two attached hydrogens (primary N) is 1. The van der Waals surface area contributed by atoms with Crippen LogP contribution in [0.1, 0.15) is 25.7 Å². The van der Waals surface area contributed by atoms with Crippen molar-refractivity contribution < 1.29 is 24.3 Å². The Balaban J connectivity index is 2.41. The molecule has 0 aromatic rings. The van der Waals surface area contributed by atoms with Gasteiger partial charge in [0.15, 0.2) is 0 Å². The second-order valence-electron chi connectivity index (χ2n) is 5.04. The van der Waals surface area contributed by atoms with E-state index in [9.17, 15) is 19.2 Å². The van der Waals surface area contributed by atoms with Crippen LogP contribution in [0, 0.1) is 0 Å². The molecular formula is C12H20N4O5.